The molecule has 1 fully saturated rings. The molecule has 5 nitrogen and oxygen atoms in total. The van der Waals surface area contributed by atoms with Crippen molar-refractivity contribution in [3.05, 3.63) is 75.7 Å². The van der Waals surface area contributed by atoms with E-state index in [9.17, 15) is 9.59 Å². The van der Waals surface area contributed by atoms with E-state index in [1.807, 2.05) is 17.9 Å². The average Bonchev–Trinajstić information content (AvgIpc) is 3.46. The van der Waals surface area contributed by atoms with Crippen molar-refractivity contribution in [1.82, 2.24) is 15.1 Å². The van der Waals surface area contributed by atoms with E-state index in [1.54, 1.807) is 18.2 Å². The number of hydrogen-bond acceptors (Lipinski definition) is 3. The molecule has 0 bridgehead atoms. The second-order valence-electron chi connectivity index (χ2n) is 6.60. The molecule has 0 saturated heterocycles. The highest BCUT2D eigenvalue weighted by Gasteiger charge is 2.34. The van der Waals surface area contributed by atoms with Crippen molar-refractivity contribution < 1.29 is 4.79 Å². The number of benzene rings is 2. The summed E-state index contributed by atoms with van der Waals surface area (Å²) in [5.41, 5.74) is 2.33. The Hall–Kier alpha value is -2.95. The summed E-state index contributed by atoms with van der Waals surface area (Å²) in [6.45, 7) is 2.60. The van der Waals surface area contributed by atoms with Gasteiger partial charge >= 0.3 is 0 Å². The molecule has 1 amide bonds. The van der Waals surface area contributed by atoms with Gasteiger partial charge in [-0.15, -0.1) is 0 Å². The molecule has 1 aliphatic rings. The standard InChI is InChI=1S/C20H19N3O2/c1-13-6-8-14(9-7-13)12-23(15-10-11-15)20(25)18-16-4-2-3-5-17(16)19(24)22-21-18/h2-9,15H,10-12H2,1H3,(H,22,24). The highest BCUT2D eigenvalue weighted by molar-refractivity contribution is 6.04. The van der Waals surface area contributed by atoms with Gasteiger partial charge in [-0.3, -0.25) is 9.59 Å². The zero-order chi connectivity index (χ0) is 17.4. The van der Waals surface area contributed by atoms with Crippen LogP contribution in [-0.2, 0) is 6.54 Å². The lowest BCUT2D eigenvalue weighted by Gasteiger charge is -2.22. The molecular formula is C20H19N3O2. The third-order valence-electron chi connectivity index (χ3n) is 4.62. The van der Waals surface area contributed by atoms with E-state index in [0.29, 0.717) is 23.0 Å². The predicted molar refractivity (Wildman–Crippen MR) is 96.4 cm³/mol. The van der Waals surface area contributed by atoms with Gasteiger partial charge in [0.25, 0.3) is 11.5 Å². The maximum absolute atomic E-state index is 13.2. The van der Waals surface area contributed by atoms with Crippen molar-refractivity contribution in [2.45, 2.75) is 32.4 Å². The molecule has 2 aromatic carbocycles. The number of hydrogen-bond donors (Lipinski definition) is 1. The Morgan fingerprint density at radius 3 is 2.48 bits per heavy atom. The van der Waals surface area contributed by atoms with Crippen LogP contribution in [0.4, 0.5) is 0 Å². The van der Waals surface area contributed by atoms with E-state index in [1.165, 1.54) is 5.56 Å². The number of carbonyl (C=O) groups is 1. The van der Waals surface area contributed by atoms with Gasteiger partial charge < -0.3 is 4.90 Å². The summed E-state index contributed by atoms with van der Waals surface area (Å²) in [6, 6.07) is 15.6. The van der Waals surface area contributed by atoms with Crippen LogP contribution in [-0.4, -0.2) is 27.0 Å². The first-order valence-corrected chi connectivity index (χ1v) is 8.47. The van der Waals surface area contributed by atoms with Crippen molar-refractivity contribution in [1.29, 1.82) is 0 Å². The Balaban J connectivity index is 1.71. The molecule has 25 heavy (non-hydrogen) atoms. The molecule has 0 radical (unpaired) electrons. The molecule has 1 aromatic heterocycles. The number of amides is 1. The fraction of sp³-hybridized carbons (Fsp3) is 0.250. The third-order valence-corrected chi connectivity index (χ3v) is 4.62. The Labute approximate surface area is 145 Å². The summed E-state index contributed by atoms with van der Waals surface area (Å²) in [7, 11) is 0. The molecule has 5 heteroatoms. The summed E-state index contributed by atoms with van der Waals surface area (Å²) in [5, 5.41) is 7.62. The maximum Gasteiger partial charge on any atom is 0.275 e. The second kappa shape index (κ2) is 6.16. The van der Waals surface area contributed by atoms with Gasteiger partial charge in [-0.1, -0.05) is 48.0 Å². The van der Waals surface area contributed by atoms with Gasteiger partial charge in [-0.25, -0.2) is 5.10 Å². The van der Waals surface area contributed by atoms with Crippen LogP contribution in [0.3, 0.4) is 0 Å². The van der Waals surface area contributed by atoms with E-state index < -0.39 is 0 Å². The molecule has 3 aromatic rings. The van der Waals surface area contributed by atoms with Crippen molar-refractivity contribution in [3.8, 4) is 0 Å². The van der Waals surface area contributed by atoms with E-state index in [0.717, 1.165) is 18.4 Å². The van der Waals surface area contributed by atoms with E-state index >= 15 is 0 Å². The molecular weight excluding hydrogens is 314 g/mol. The second-order valence-corrected chi connectivity index (χ2v) is 6.60. The van der Waals surface area contributed by atoms with Gasteiger partial charge in [0.2, 0.25) is 0 Å². The van der Waals surface area contributed by atoms with Crippen LogP contribution in [0.15, 0.2) is 53.3 Å². The highest BCUT2D eigenvalue weighted by Crippen LogP contribution is 2.30. The van der Waals surface area contributed by atoms with Crippen LogP contribution >= 0.6 is 0 Å². The zero-order valence-electron chi connectivity index (χ0n) is 14.0. The van der Waals surface area contributed by atoms with Gasteiger partial charge in [0.1, 0.15) is 0 Å². The molecule has 0 atom stereocenters. The summed E-state index contributed by atoms with van der Waals surface area (Å²) in [4.78, 5) is 27.0. The fourth-order valence-corrected chi connectivity index (χ4v) is 3.06. The quantitative estimate of drug-likeness (QED) is 0.798. The molecule has 1 N–H and O–H groups in total. The van der Waals surface area contributed by atoms with Crippen molar-refractivity contribution >= 4 is 16.7 Å². The number of H-pyrrole nitrogens is 1. The summed E-state index contributed by atoms with van der Waals surface area (Å²) in [5.74, 6) is -0.129. The lowest BCUT2D eigenvalue weighted by molar-refractivity contribution is 0.0725. The van der Waals surface area contributed by atoms with Crippen LogP contribution in [0.1, 0.15) is 34.5 Å². The molecule has 0 spiro atoms. The van der Waals surface area contributed by atoms with Gasteiger partial charge in [0, 0.05) is 18.0 Å². The minimum absolute atomic E-state index is 0.129. The number of aromatic nitrogens is 2. The Kier molecular flexibility index (Phi) is 3.84. The molecule has 1 aliphatic carbocycles. The minimum atomic E-state index is -0.274. The van der Waals surface area contributed by atoms with E-state index in [2.05, 4.69) is 34.5 Å². The van der Waals surface area contributed by atoms with Crippen LogP contribution in [0.5, 0.6) is 0 Å². The number of fused-ring (bicyclic) bond motifs is 1. The molecule has 0 unspecified atom stereocenters. The monoisotopic (exact) mass is 333 g/mol. The Morgan fingerprint density at radius 2 is 1.80 bits per heavy atom. The number of nitrogens with zero attached hydrogens (tertiary/aromatic N) is 2. The molecule has 126 valence electrons. The van der Waals surface area contributed by atoms with Crippen molar-refractivity contribution in [2.24, 2.45) is 0 Å². The topological polar surface area (TPSA) is 66.1 Å². The first kappa shape index (κ1) is 15.6. The number of rotatable bonds is 4. The number of aryl methyl sites for hydroxylation is 1. The third kappa shape index (κ3) is 3.05. The van der Waals surface area contributed by atoms with Crippen molar-refractivity contribution in [2.75, 3.05) is 0 Å². The number of aromatic amines is 1. The molecule has 1 saturated carbocycles. The molecule has 4 rings (SSSR count). The summed E-state index contributed by atoms with van der Waals surface area (Å²) < 4.78 is 0. The zero-order valence-corrected chi connectivity index (χ0v) is 14.0. The van der Waals surface area contributed by atoms with Crippen LogP contribution in [0, 0.1) is 6.92 Å². The Bertz CT molecular complexity index is 988. The van der Waals surface area contributed by atoms with Crippen LogP contribution < -0.4 is 5.56 Å². The van der Waals surface area contributed by atoms with E-state index in [4.69, 9.17) is 0 Å². The van der Waals surface area contributed by atoms with Crippen LogP contribution in [0.2, 0.25) is 0 Å². The average molecular weight is 333 g/mol. The predicted octanol–water partition coefficient (Wildman–Crippen LogP) is 3.04. The van der Waals surface area contributed by atoms with Gasteiger partial charge in [0.05, 0.1) is 5.39 Å². The first-order valence-electron chi connectivity index (χ1n) is 8.47. The molecule has 1 heterocycles. The normalized spacial score (nSPS) is 13.8. The lowest BCUT2D eigenvalue weighted by atomic mass is 10.1. The van der Waals surface area contributed by atoms with E-state index in [-0.39, 0.29) is 17.5 Å². The van der Waals surface area contributed by atoms with Gasteiger partial charge in [0.15, 0.2) is 5.69 Å². The number of carbonyl (C=O) groups excluding carboxylic acids is 1. The smallest absolute Gasteiger partial charge is 0.275 e. The van der Waals surface area contributed by atoms with Gasteiger partial charge in [-0.2, -0.15) is 5.10 Å². The maximum atomic E-state index is 13.2. The minimum Gasteiger partial charge on any atom is -0.330 e. The Morgan fingerprint density at radius 1 is 1.12 bits per heavy atom. The summed E-state index contributed by atoms with van der Waals surface area (Å²) >= 11 is 0. The van der Waals surface area contributed by atoms with Crippen molar-refractivity contribution in [3.63, 3.8) is 0 Å². The molecule has 0 aliphatic heterocycles. The summed E-state index contributed by atoms with van der Waals surface area (Å²) in [6.07, 6.45) is 2.03. The van der Waals surface area contributed by atoms with Crippen LogP contribution in [0.25, 0.3) is 10.8 Å². The number of nitrogens with one attached hydrogen (secondary N) is 1. The fourth-order valence-electron chi connectivity index (χ4n) is 3.06. The highest BCUT2D eigenvalue weighted by atomic mass is 16.2. The first-order chi connectivity index (χ1) is 12.1. The van der Waals surface area contributed by atoms with Gasteiger partial charge in [-0.05, 0) is 31.4 Å². The largest absolute Gasteiger partial charge is 0.330 e. The lowest BCUT2D eigenvalue weighted by Crippen LogP contribution is -2.34. The SMILES string of the molecule is Cc1ccc(CN(C(=O)c2n[nH]c(=O)c3ccccc23)C2CC2)cc1.